The summed E-state index contributed by atoms with van der Waals surface area (Å²) in [5.74, 6) is 0. The summed E-state index contributed by atoms with van der Waals surface area (Å²) in [6.07, 6.45) is 2.15. The molecule has 3 heteroatoms. The molecule has 0 spiro atoms. The van der Waals surface area contributed by atoms with Crippen LogP contribution < -0.4 is 5.32 Å². The zero-order chi connectivity index (χ0) is 12.8. The Kier molecular flexibility index (Phi) is 4.75. The van der Waals surface area contributed by atoms with Crippen LogP contribution in [-0.4, -0.2) is 41.8 Å². The van der Waals surface area contributed by atoms with E-state index in [4.69, 9.17) is 0 Å². The Labute approximate surface area is 110 Å². The van der Waals surface area contributed by atoms with Crippen molar-refractivity contribution in [3.63, 3.8) is 0 Å². The zero-order valence-electron chi connectivity index (χ0n) is 11.2. The van der Waals surface area contributed by atoms with Crippen molar-refractivity contribution in [1.82, 2.24) is 10.2 Å². The number of aliphatic hydroxyl groups is 1. The van der Waals surface area contributed by atoms with E-state index >= 15 is 0 Å². The van der Waals surface area contributed by atoms with Crippen LogP contribution in [-0.2, 0) is 6.54 Å². The lowest BCUT2D eigenvalue weighted by molar-refractivity contribution is 0.159. The Morgan fingerprint density at radius 2 is 2.11 bits per heavy atom. The molecule has 1 fully saturated rings. The predicted molar refractivity (Wildman–Crippen MR) is 74.4 cm³/mol. The second-order valence-corrected chi connectivity index (χ2v) is 5.31. The Bertz CT molecular complexity index is 355. The molecule has 1 atom stereocenters. The van der Waals surface area contributed by atoms with Crippen molar-refractivity contribution >= 4 is 0 Å². The van der Waals surface area contributed by atoms with E-state index in [0.717, 1.165) is 39.0 Å². The fourth-order valence-electron chi connectivity index (χ4n) is 2.65. The molecule has 1 heterocycles. The van der Waals surface area contributed by atoms with Gasteiger partial charge in [-0.05, 0) is 24.9 Å². The second kappa shape index (κ2) is 6.32. The average molecular weight is 248 g/mol. The highest BCUT2D eigenvalue weighted by Crippen LogP contribution is 2.22. The molecule has 3 nitrogen and oxygen atoms in total. The molecule has 1 aliphatic heterocycles. The van der Waals surface area contributed by atoms with Crippen LogP contribution in [0.1, 0.15) is 25.3 Å². The summed E-state index contributed by atoms with van der Waals surface area (Å²) in [5, 5.41) is 13.2. The molecule has 1 aromatic carbocycles. The number of benzene rings is 1. The molecule has 1 aliphatic rings. The van der Waals surface area contributed by atoms with Gasteiger partial charge in [-0.15, -0.1) is 0 Å². The molecule has 1 saturated heterocycles. The van der Waals surface area contributed by atoms with Gasteiger partial charge in [0.1, 0.15) is 0 Å². The quantitative estimate of drug-likeness (QED) is 0.803. The van der Waals surface area contributed by atoms with E-state index in [1.807, 2.05) is 6.07 Å². The molecule has 0 saturated carbocycles. The number of nitrogens with zero attached hydrogens (tertiary/aromatic N) is 1. The highest BCUT2D eigenvalue weighted by Gasteiger charge is 2.36. The third kappa shape index (κ3) is 3.31. The van der Waals surface area contributed by atoms with Gasteiger partial charge in [0.25, 0.3) is 0 Å². The summed E-state index contributed by atoms with van der Waals surface area (Å²) in [4.78, 5) is 2.42. The van der Waals surface area contributed by atoms with Gasteiger partial charge in [0.05, 0.1) is 12.1 Å². The van der Waals surface area contributed by atoms with Gasteiger partial charge < -0.3 is 10.4 Å². The van der Waals surface area contributed by atoms with Crippen LogP contribution in [0.3, 0.4) is 0 Å². The highest BCUT2D eigenvalue weighted by atomic mass is 16.3. The molecule has 100 valence electrons. The van der Waals surface area contributed by atoms with Gasteiger partial charge in [0.2, 0.25) is 0 Å². The minimum atomic E-state index is -0.0786. The summed E-state index contributed by atoms with van der Waals surface area (Å²) < 4.78 is 0. The second-order valence-electron chi connectivity index (χ2n) is 5.31. The summed E-state index contributed by atoms with van der Waals surface area (Å²) in [6, 6.07) is 10.5. The smallest absolute Gasteiger partial charge is 0.0626 e. The first-order valence-electron chi connectivity index (χ1n) is 6.90. The van der Waals surface area contributed by atoms with Crippen molar-refractivity contribution in [3.05, 3.63) is 35.9 Å². The molecule has 0 radical (unpaired) electrons. The topological polar surface area (TPSA) is 35.5 Å². The molecule has 1 aromatic rings. The normalized spacial score (nSPS) is 24.6. The molecule has 2 rings (SSSR count). The van der Waals surface area contributed by atoms with E-state index in [9.17, 15) is 5.11 Å². The van der Waals surface area contributed by atoms with Crippen molar-refractivity contribution in [2.75, 3.05) is 26.2 Å². The molecule has 1 unspecified atom stereocenters. The monoisotopic (exact) mass is 248 g/mol. The standard InChI is InChI=1S/C15H24N2O/c1-2-9-16-15(13-18)8-10-17(12-15)11-14-6-4-3-5-7-14/h3-7,16,18H,2,8-13H2,1H3. The minimum Gasteiger partial charge on any atom is -0.394 e. The summed E-state index contributed by atoms with van der Waals surface area (Å²) in [5.41, 5.74) is 1.27. The minimum absolute atomic E-state index is 0.0786. The molecular formula is C15H24N2O. The Morgan fingerprint density at radius 1 is 1.33 bits per heavy atom. The van der Waals surface area contributed by atoms with Gasteiger partial charge >= 0.3 is 0 Å². The van der Waals surface area contributed by atoms with E-state index in [0.29, 0.717) is 0 Å². The highest BCUT2D eigenvalue weighted by molar-refractivity contribution is 5.15. The van der Waals surface area contributed by atoms with E-state index in [-0.39, 0.29) is 12.1 Å². The number of rotatable bonds is 6. The van der Waals surface area contributed by atoms with Crippen molar-refractivity contribution in [1.29, 1.82) is 0 Å². The summed E-state index contributed by atoms with van der Waals surface area (Å²) >= 11 is 0. The number of nitrogens with one attached hydrogen (secondary N) is 1. The van der Waals surface area contributed by atoms with Crippen molar-refractivity contribution in [2.24, 2.45) is 0 Å². The van der Waals surface area contributed by atoms with Gasteiger partial charge in [-0.2, -0.15) is 0 Å². The van der Waals surface area contributed by atoms with Crippen LogP contribution in [0.4, 0.5) is 0 Å². The first-order valence-corrected chi connectivity index (χ1v) is 6.90. The number of likely N-dealkylation sites (tertiary alicyclic amines) is 1. The lowest BCUT2D eigenvalue weighted by atomic mass is 10.00. The van der Waals surface area contributed by atoms with Gasteiger partial charge in [-0.3, -0.25) is 4.90 Å². The van der Waals surface area contributed by atoms with Crippen molar-refractivity contribution < 1.29 is 5.11 Å². The molecule has 18 heavy (non-hydrogen) atoms. The van der Waals surface area contributed by atoms with Crippen molar-refractivity contribution in [3.8, 4) is 0 Å². The van der Waals surface area contributed by atoms with E-state index in [1.54, 1.807) is 0 Å². The largest absolute Gasteiger partial charge is 0.394 e. The molecule has 0 aromatic heterocycles. The maximum absolute atomic E-state index is 9.64. The van der Waals surface area contributed by atoms with Crippen LogP contribution in [0.5, 0.6) is 0 Å². The maximum atomic E-state index is 9.64. The molecule has 2 N–H and O–H groups in total. The van der Waals surface area contributed by atoms with Crippen LogP contribution in [0.15, 0.2) is 30.3 Å². The van der Waals surface area contributed by atoms with Crippen LogP contribution >= 0.6 is 0 Å². The lowest BCUT2D eigenvalue weighted by Gasteiger charge is -2.28. The van der Waals surface area contributed by atoms with Gasteiger partial charge in [0, 0.05) is 19.6 Å². The fraction of sp³-hybridized carbons (Fsp3) is 0.600. The maximum Gasteiger partial charge on any atom is 0.0626 e. The molecule has 0 bridgehead atoms. The third-order valence-electron chi connectivity index (χ3n) is 3.73. The number of aliphatic hydroxyl groups excluding tert-OH is 1. The van der Waals surface area contributed by atoms with E-state index < -0.39 is 0 Å². The number of hydrogen-bond donors (Lipinski definition) is 2. The van der Waals surface area contributed by atoms with E-state index in [1.165, 1.54) is 5.56 Å². The van der Waals surface area contributed by atoms with Gasteiger partial charge in [-0.1, -0.05) is 37.3 Å². The first kappa shape index (κ1) is 13.5. The third-order valence-corrected chi connectivity index (χ3v) is 3.73. The van der Waals surface area contributed by atoms with Crippen LogP contribution in [0.2, 0.25) is 0 Å². The summed E-state index contributed by atoms with van der Waals surface area (Å²) in [7, 11) is 0. The SMILES string of the molecule is CCCNC1(CO)CCN(Cc2ccccc2)C1. The molecular weight excluding hydrogens is 224 g/mol. The fourth-order valence-corrected chi connectivity index (χ4v) is 2.65. The zero-order valence-corrected chi connectivity index (χ0v) is 11.2. The van der Waals surface area contributed by atoms with Crippen LogP contribution in [0.25, 0.3) is 0 Å². The lowest BCUT2D eigenvalue weighted by Crippen LogP contribution is -2.50. The Hall–Kier alpha value is -0.900. The van der Waals surface area contributed by atoms with Crippen LogP contribution in [0, 0.1) is 0 Å². The first-order chi connectivity index (χ1) is 8.78. The predicted octanol–water partition coefficient (Wildman–Crippen LogP) is 1.62. The van der Waals surface area contributed by atoms with E-state index in [2.05, 4.69) is 41.4 Å². The van der Waals surface area contributed by atoms with Gasteiger partial charge in [0.15, 0.2) is 0 Å². The average Bonchev–Trinajstić information content (AvgIpc) is 2.82. The Balaban J connectivity index is 1.90. The molecule has 0 amide bonds. The van der Waals surface area contributed by atoms with Crippen molar-refractivity contribution in [2.45, 2.75) is 31.8 Å². The number of hydrogen-bond acceptors (Lipinski definition) is 3. The summed E-state index contributed by atoms with van der Waals surface area (Å²) in [6.45, 7) is 6.37. The Morgan fingerprint density at radius 3 is 2.78 bits per heavy atom. The van der Waals surface area contributed by atoms with Gasteiger partial charge in [-0.25, -0.2) is 0 Å². The molecule has 0 aliphatic carbocycles.